The third kappa shape index (κ3) is 1.59. The zero-order valence-corrected chi connectivity index (χ0v) is 11.4. The smallest absolute Gasteiger partial charge is 0.00760 e. The van der Waals surface area contributed by atoms with Gasteiger partial charge in [-0.05, 0) is 70.8 Å². The lowest BCUT2D eigenvalue weighted by atomic mass is 9.86. The van der Waals surface area contributed by atoms with Crippen molar-refractivity contribution in [1.29, 1.82) is 0 Å². The van der Waals surface area contributed by atoms with Gasteiger partial charge >= 0.3 is 0 Å². The van der Waals surface area contributed by atoms with Crippen LogP contribution in [0.5, 0.6) is 0 Å². The summed E-state index contributed by atoms with van der Waals surface area (Å²) in [6, 6.07) is 15.9. The minimum Gasteiger partial charge on any atom is -0.0614 e. The number of hydrogen-bond acceptors (Lipinski definition) is 0. The molecule has 1 aliphatic carbocycles. The van der Waals surface area contributed by atoms with E-state index >= 15 is 0 Å². The van der Waals surface area contributed by atoms with Crippen molar-refractivity contribution >= 4 is 21.5 Å². The Bertz CT molecular complexity index is 781. The van der Waals surface area contributed by atoms with Crippen LogP contribution in [0, 0.1) is 6.92 Å². The van der Waals surface area contributed by atoms with Gasteiger partial charge in [-0.3, -0.25) is 0 Å². The maximum atomic E-state index is 2.36. The second-order valence-electron chi connectivity index (χ2n) is 5.74. The molecular formula is C19H18. The molecule has 0 bridgehead atoms. The predicted octanol–water partition coefficient (Wildman–Crippen LogP) is 5.18. The van der Waals surface area contributed by atoms with Crippen LogP contribution in [0.15, 0.2) is 42.5 Å². The summed E-state index contributed by atoms with van der Waals surface area (Å²) in [5.41, 5.74) is 4.57. The molecule has 3 aromatic carbocycles. The van der Waals surface area contributed by atoms with Gasteiger partial charge in [0.15, 0.2) is 0 Å². The maximum Gasteiger partial charge on any atom is -0.00760 e. The quantitative estimate of drug-likeness (QED) is 0.479. The first kappa shape index (κ1) is 11.0. The van der Waals surface area contributed by atoms with Gasteiger partial charge in [0.2, 0.25) is 0 Å². The van der Waals surface area contributed by atoms with E-state index in [1.165, 1.54) is 52.8 Å². The first-order valence-electron chi connectivity index (χ1n) is 7.27. The largest absolute Gasteiger partial charge is 0.0614 e. The van der Waals surface area contributed by atoms with Gasteiger partial charge in [-0.2, -0.15) is 0 Å². The van der Waals surface area contributed by atoms with Gasteiger partial charge < -0.3 is 0 Å². The molecule has 0 unspecified atom stereocenters. The van der Waals surface area contributed by atoms with Crippen LogP contribution in [-0.4, -0.2) is 0 Å². The van der Waals surface area contributed by atoms with Gasteiger partial charge in [-0.1, -0.05) is 42.5 Å². The molecule has 0 radical (unpaired) electrons. The molecule has 0 heteroatoms. The van der Waals surface area contributed by atoms with Crippen molar-refractivity contribution in [1.82, 2.24) is 0 Å². The molecule has 0 N–H and O–H groups in total. The van der Waals surface area contributed by atoms with Crippen molar-refractivity contribution in [2.75, 3.05) is 0 Å². The minimum atomic E-state index is 1.25. The van der Waals surface area contributed by atoms with Crippen LogP contribution < -0.4 is 0 Å². The third-order valence-corrected chi connectivity index (χ3v) is 4.58. The van der Waals surface area contributed by atoms with Crippen molar-refractivity contribution in [2.45, 2.75) is 32.6 Å². The summed E-state index contributed by atoms with van der Waals surface area (Å²) in [5.74, 6) is 0. The summed E-state index contributed by atoms with van der Waals surface area (Å²) in [6.45, 7) is 2.22. The fourth-order valence-corrected chi connectivity index (χ4v) is 3.64. The zero-order valence-electron chi connectivity index (χ0n) is 11.4. The van der Waals surface area contributed by atoms with E-state index in [0.29, 0.717) is 0 Å². The summed E-state index contributed by atoms with van der Waals surface area (Å²) < 4.78 is 0. The highest BCUT2D eigenvalue weighted by Gasteiger charge is 2.13. The summed E-state index contributed by atoms with van der Waals surface area (Å²) >= 11 is 0. The van der Waals surface area contributed by atoms with Crippen molar-refractivity contribution < 1.29 is 0 Å². The second-order valence-corrected chi connectivity index (χ2v) is 5.74. The van der Waals surface area contributed by atoms with E-state index in [1.54, 1.807) is 11.1 Å². The molecule has 0 saturated carbocycles. The number of rotatable bonds is 0. The van der Waals surface area contributed by atoms with Gasteiger partial charge in [0.05, 0.1) is 0 Å². The Hall–Kier alpha value is -1.82. The molecule has 4 rings (SSSR count). The Kier molecular flexibility index (Phi) is 2.38. The van der Waals surface area contributed by atoms with E-state index in [1.807, 2.05) is 0 Å². The van der Waals surface area contributed by atoms with Crippen molar-refractivity contribution in [3.8, 4) is 0 Å². The lowest BCUT2D eigenvalue weighted by Gasteiger charge is -2.19. The monoisotopic (exact) mass is 246 g/mol. The Morgan fingerprint density at radius 3 is 2.58 bits per heavy atom. The van der Waals surface area contributed by atoms with Gasteiger partial charge in [0.1, 0.15) is 0 Å². The number of fused-ring (bicyclic) bond motifs is 5. The minimum absolute atomic E-state index is 1.25. The molecule has 0 spiro atoms. The first-order valence-corrected chi connectivity index (χ1v) is 7.27. The maximum absolute atomic E-state index is 2.36. The summed E-state index contributed by atoms with van der Waals surface area (Å²) in [7, 11) is 0. The molecule has 0 fully saturated rings. The second kappa shape index (κ2) is 4.09. The highest BCUT2D eigenvalue weighted by Crippen LogP contribution is 2.34. The highest BCUT2D eigenvalue weighted by molar-refractivity contribution is 6.10. The van der Waals surface area contributed by atoms with Crippen molar-refractivity contribution in [3.63, 3.8) is 0 Å². The number of benzene rings is 3. The Balaban J connectivity index is 2.18. The Morgan fingerprint density at radius 1 is 0.789 bits per heavy atom. The fourth-order valence-electron chi connectivity index (χ4n) is 3.64. The van der Waals surface area contributed by atoms with Gasteiger partial charge in [-0.15, -0.1) is 0 Å². The zero-order chi connectivity index (χ0) is 12.8. The lowest BCUT2D eigenvalue weighted by Crippen LogP contribution is -2.03. The van der Waals surface area contributed by atoms with Gasteiger partial charge in [-0.25, -0.2) is 0 Å². The lowest BCUT2D eigenvalue weighted by molar-refractivity contribution is 0.690. The number of hydrogen-bond donors (Lipinski definition) is 0. The molecule has 0 amide bonds. The van der Waals surface area contributed by atoms with E-state index < -0.39 is 0 Å². The van der Waals surface area contributed by atoms with E-state index in [-0.39, 0.29) is 0 Å². The highest BCUT2D eigenvalue weighted by atomic mass is 14.2. The molecule has 94 valence electrons. The summed E-state index contributed by atoms with van der Waals surface area (Å²) in [5, 5.41) is 5.73. The van der Waals surface area contributed by atoms with E-state index in [0.717, 1.165) is 0 Å². The van der Waals surface area contributed by atoms with Crippen molar-refractivity contribution in [3.05, 3.63) is 59.2 Å². The summed E-state index contributed by atoms with van der Waals surface area (Å²) in [6.07, 6.45) is 5.21. The molecule has 1 aliphatic rings. The molecule has 0 atom stereocenters. The van der Waals surface area contributed by atoms with Crippen LogP contribution in [0.1, 0.15) is 29.5 Å². The SMILES string of the molecule is Cc1cccc2ccc3c4c(ccc3c12)CCCC4. The van der Waals surface area contributed by atoms with Gasteiger partial charge in [0, 0.05) is 0 Å². The Morgan fingerprint density at radius 2 is 1.63 bits per heavy atom. The molecule has 3 aromatic rings. The molecule has 0 heterocycles. The normalized spacial score (nSPS) is 14.8. The van der Waals surface area contributed by atoms with Crippen LogP contribution in [-0.2, 0) is 12.8 Å². The number of aryl methyl sites for hydroxylation is 3. The molecule has 19 heavy (non-hydrogen) atoms. The molecule has 0 saturated heterocycles. The van der Waals surface area contributed by atoms with Crippen LogP contribution >= 0.6 is 0 Å². The molecular weight excluding hydrogens is 228 g/mol. The van der Waals surface area contributed by atoms with Gasteiger partial charge in [0.25, 0.3) is 0 Å². The molecule has 0 nitrogen and oxygen atoms in total. The average molecular weight is 246 g/mol. The topological polar surface area (TPSA) is 0 Å². The van der Waals surface area contributed by atoms with Crippen LogP contribution in [0.2, 0.25) is 0 Å². The van der Waals surface area contributed by atoms with E-state index in [9.17, 15) is 0 Å². The molecule has 0 aromatic heterocycles. The molecule has 0 aliphatic heterocycles. The van der Waals surface area contributed by atoms with Crippen LogP contribution in [0.25, 0.3) is 21.5 Å². The fraction of sp³-hybridized carbons (Fsp3) is 0.263. The van der Waals surface area contributed by atoms with E-state index in [4.69, 9.17) is 0 Å². The van der Waals surface area contributed by atoms with E-state index in [2.05, 4.69) is 49.4 Å². The van der Waals surface area contributed by atoms with Crippen LogP contribution in [0.3, 0.4) is 0 Å². The summed E-state index contributed by atoms with van der Waals surface area (Å²) in [4.78, 5) is 0. The Labute approximate surface area is 114 Å². The average Bonchev–Trinajstić information content (AvgIpc) is 2.46. The standard InChI is InChI=1S/C19H18/c1-13-5-4-7-15-10-11-17-16-8-3-2-6-14(16)9-12-18(17)19(13)15/h4-5,7,9-12H,2-3,6,8H2,1H3. The first-order chi connectivity index (χ1) is 9.34. The van der Waals surface area contributed by atoms with Crippen LogP contribution in [0.4, 0.5) is 0 Å². The van der Waals surface area contributed by atoms with Crippen molar-refractivity contribution in [2.24, 2.45) is 0 Å². The predicted molar refractivity (Wildman–Crippen MR) is 82.8 cm³/mol. The third-order valence-electron chi connectivity index (χ3n) is 4.58.